The van der Waals surface area contributed by atoms with Crippen LogP contribution in [-0.2, 0) is 19.0 Å². The zero-order valence-corrected chi connectivity index (χ0v) is 28.4. The van der Waals surface area contributed by atoms with Crippen molar-refractivity contribution >= 4 is 12.0 Å². The Labute approximate surface area is 271 Å². The molecule has 45 heavy (non-hydrogen) atoms. The molecule has 8 heteroatoms. The van der Waals surface area contributed by atoms with Crippen LogP contribution in [-0.4, -0.2) is 85.7 Å². The highest BCUT2D eigenvalue weighted by atomic mass is 16.7. The zero-order valence-electron chi connectivity index (χ0n) is 28.4. The van der Waals surface area contributed by atoms with E-state index in [4.69, 9.17) is 14.2 Å². The first kappa shape index (κ1) is 30.9. The molecule has 0 radical (unpaired) electrons. The van der Waals surface area contributed by atoms with Crippen molar-refractivity contribution in [2.24, 2.45) is 58.2 Å². The number of carbonyl (C=O) groups is 2. The maximum atomic E-state index is 13.2. The lowest BCUT2D eigenvalue weighted by molar-refractivity contribution is -0.273. The molecule has 8 nitrogen and oxygen atoms in total. The van der Waals surface area contributed by atoms with Gasteiger partial charge < -0.3 is 29.3 Å². The van der Waals surface area contributed by atoms with E-state index >= 15 is 0 Å². The molecular formula is C37H59N3O5. The molecule has 4 heterocycles. The SMILES string of the molecule is C[C@H]1CC[C@@]2(OC1)OC1CC3C4CCC5C[C@@H](OC(=O)N6CCN(C(=O)C7CCNC7)CC6)CCC5(C)C4CC[C@]3(C)C1[C@@H]2C. The Hall–Kier alpha value is -1.38. The zero-order chi connectivity index (χ0) is 31.1. The second kappa shape index (κ2) is 11.4. The molecule has 8 unspecified atom stereocenters. The van der Waals surface area contributed by atoms with Gasteiger partial charge in [0.1, 0.15) is 6.10 Å². The molecule has 0 aromatic carbocycles. The second-order valence-electron chi connectivity index (χ2n) is 17.5. The summed E-state index contributed by atoms with van der Waals surface area (Å²) in [7, 11) is 0. The third-order valence-electron chi connectivity index (χ3n) is 15.4. The van der Waals surface area contributed by atoms with Gasteiger partial charge in [-0.15, -0.1) is 0 Å². The van der Waals surface area contributed by atoms with Gasteiger partial charge in [-0.1, -0.05) is 27.7 Å². The molecular weight excluding hydrogens is 566 g/mol. The van der Waals surface area contributed by atoms with Crippen molar-refractivity contribution in [2.75, 3.05) is 45.9 Å². The third-order valence-corrected chi connectivity index (χ3v) is 15.4. The van der Waals surface area contributed by atoms with Crippen LogP contribution in [0.5, 0.6) is 0 Å². The number of carbonyl (C=O) groups excluding carboxylic acids is 2. The molecule has 0 aromatic heterocycles. The summed E-state index contributed by atoms with van der Waals surface area (Å²) in [4.78, 5) is 29.9. The molecule has 252 valence electrons. The maximum absolute atomic E-state index is 13.2. The number of hydrogen-bond donors (Lipinski definition) is 1. The molecule has 2 amide bonds. The summed E-state index contributed by atoms with van der Waals surface area (Å²) in [5.74, 6) is 4.75. The maximum Gasteiger partial charge on any atom is 0.410 e. The van der Waals surface area contributed by atoms with E-state index in [0.717, 1.165) is 63.1 Å². The molecule has 8 fully saturated rings. The quantitative estimate of drug-likeness (QED) is 0.425. The number of nitrogens with zero attached hydrogens (tertiary/aromatic N) is 2. The van der Waals surface area contributed by atoms with Gasteiger partial charge in [-0.25, -0.2) is 4.79 Å². The Kier molecular flexibility index (Phi) is 7.81. The molecule has 4 saturated heterocycles. The number of rotatable bonds is 2. The van der Waals surface area contributed by atoms with Gasteiger partial charge in [-0.3, -0.25) is 4.79 Å². The largest absolute Gasteiger partial charge is 0.446 e. The van der Waals surface area contributed by atoms with E-state index in [1.165, 1.54) is 44.9 Å². The van der Waals surface area contributed by atoms with Crippen molar-refractivity contribution in [2.45, 2.75) is 116 Å². The Bertz CT molecular complexity index is 1140. The standard InChI is InChI=1S/C37H59N3O5/c1-23-7-13-37(43-22-23)24(2)32-31(45-37)20-30-28-6-5-26-19-27(8-11-35(26,3)29(28)9-12-36(30,32)4)44-34(42)40-17-15-39(16-18-40)33(41)25-10-14-38-21-25/h23-32,38H,5-22H2,1-4H3/t23-,24-,25?,26?,27-,28?,29?,30?,31?,32?,35?,36-,37+/m0/s1. The normalized spacial score (nSPS) is 50.9. The first-order valence-electron chi connectivity index (χ1n) is 18.9. The van der Waals surface area contributed by atoms with Crippen molar-refractivity contribution in [3.05, 3.63) is 0 Å². The van der Waals surface area contributed by atoms with Crippen LogP contribution >= 0.6 is 0 Å². The lowest BCUT2D eigenvalue weighted by atomic mass is 9.44. The molecule has 13 atom stereocenters. The van der Waals surface area contributed by atoms with Gasteiger partial charge in [0.2, 0.25) is 5.91 Å². The van der Waals surface area contributed by atoms with Crippen molar-refractivity contribution in [1.29, 1.82) is 0 Å². The lowest BCUT2D eigenvalue weighted by Crippen LogP contribution is -2.55. The molecule has 8 aliphatic rings. The molecule has 1 N–H and O–H groups in total. The smallest absolute Gasteiger partial charge is 0.410 e. The predicted octanol–water partition coefficient (Wildman–Crippen LogP) is 5.69. The topological polar surface area (TPSA) is 80.3 Å². The molecule has 0 aromatic rings. The van der Waals surface area contributed by atoms with E-state index < -0.39 is 0 Å². The summed E-state index contributed by atoms with van der Waals surface area (Å²) in [6, 6.07) is 0. The number of nitrogens with one attached hydrogen (secondary N) is 1. The van der Waals surface area contributed by atoms with Crippen LogP contribution in [0.25, 0.3) is 0 Å². The van der Waals surface area contributed by atoms with Gasteiger partial charge in [0.15, 0.2) is 5.79 Å². The molecule has 1 spiro atoms. The van der Waals surface area contributed by atoms with E-state index in [-0.39, 0.29) is 29.8 Å². The fourth-order valence-corrected chi connectivity index (χ4v) is 12.8. The van der Waals surface area contributed by atoms with E-state index in [9.17, 15) is 9.59 Å². The highest BCUT2D eigenvalue weighted by Crippen LogP contribution is 2.71. The van der Waals surface area contributed by atoms with Crippen LogP contribution in [0.2, 0.25) is 0 Å². The molecule has 4 aliphatic carbocycles. The minimum Gasteiger partial charge on any atom is -0.446 e. The van der Waals surface area contributed by atoms with Gasteiger partial charge in [-0.2, -0.15) is 0 Å². The fraction of sp³-hybridized carbons (Fsp3) is 0.946. The summed E-state index contributed by atoms with van der Waals surface area (Å²) in [6.45, 7) is 15.0. The molecule has 0 bridgehead atoms. The Morgan fingerprint density at radius 1 is 0.844 bits per heavy atom. The number of hydrogen-bond acceptors (Lipinski definition) is 6. The second-order valence-corrected chi connectivity index (χ2v) is 17.5. The van der Waals surface area contributed by atoms with Crippen LogP contribution in [0.3, 0.4) is 0 Å². The van der Waals surface area contributed by atoms with Gasteiger partial charge in [0.25, 0.3) is 0 Å². The van der Waals surface area contributed by atoms with Crippen LogP contribution in [0.1, 0.15) is 98.3 Å². The van der Waals surface area contributed by atoms with E-state index in [2.05, 4.69) is 33.0 Å². The van der Waals surface area contributed by atoms with Crippen LogP contribution < -0.4 is 5.32 Å². The van der Waals surface area contributed by atoms with Crippen molar-refractivity contribution in [1.82, 2.24) is 15.1 Å². The lowest BCUT2D eigenvalue weighted by Gasteiger charge is -2.61. The summed E-state index contributed by atoms with van der Waals surface area (Å²) in [6.07, 6.45) is 13.1. The number of ether oxygens (including phenoxy) is 3. The molecule has 4 saturated carbocycles. The van der Waals surface area contributed by atoms with E-state index in [1.54, 1.807) is 0 Å². The Morgan fingerprint density at radius 3 is 2.36 bits per heavy atom. The molecule has 8 rings (SSSR count). The van der Waals surface area contributed by atoms with Crippen molar-refractivity contribution in [3.8, 4) is 0 Å². The molecule has 4 aliphatic heterocycles. The highest BCUT2D eigenvalue weighted by molar-refractivity contribution is 5.80. The summed E-state index contributed by atoms with van der Waals surface area (Å²) >= 11 is 0. The Morgan fingerprint density at radius 2 is 1.62 bits per heavy atom. The van der Waals surface area contributed by atoms with Gasteiger partial charge in [0.05, 0.1) is 18.6 Å². The monoisotopic (exact) mass is 625 g/mol. The van der Waals surface area contributed by atoms with Crippen LogP contribution in [0.15, 0.2) is 0 Å². The van der Waals surface area contributed by atoms with Crippen molar-refractivity contribution in [3.63, 3.8) is 0 Å². The average Bonchev–Trinajstić information content (AvgIpc) is 3.74. The highest BCUT2D eigenvalue weighted by Gasteiger charge is 2.69. The average molecular weight is 626 g/mol. The third kappa shape index (κ3) is 4.91. The first-order valence-corrected chi connectivity index (χ1v) is 18.9. The van der Waals surface area contributed by atoms with Crippen LogP contribution in [0, 0.1) is 58.2 Å². The van der Waals surface area contributed by atoms with Gasteiger partial charge in [-0.05, 0) is 117 Å². The summed E-state index contributed by atoms with van der Waals surface area (Å²) < 4.78 is 19.7. The summed E-state index contributed by atoms with van der Waals surface area (Å²) in [5, 5.41) is 3.29. The minimum absolute atomic E-state index is 0.0275. The van der Waals surface area contributed by atoms with Gasteiger partial charge >= 0.3 is 6.09 Å². The summed E-state index contributed by atoms with van der Waals surface area (Å²) in [5.41, 5.74) is 0.710. The first-order chi connectivity index (χ1) is 21.6. The van der Waals surface area contributed by atoms with E-state index in [0.29, 0.717) is 66.8 Å². The van der Waals surface area contributed by atoms with Gasteiger partial charge in [0, 0.05) is 45.1 Å². The predicted molar refractivity (Wildman–Crippen MR) is 171 cm³/mol. The Balaban J connectivity index is 0.870. The van der Waals surface area contributed by atoms with Crippen LogP contribution in [0.4, 0.5) is 4.79 Å². The van der Waals surface area contributed by atoms with Crippen molar-refractivity contribution < 1.29 is 23.8 Å². The number of fused-ring (bicyclic) bond motifs is 7. The minimum atomic E-state index is -0.329. The number of amides is 2. The number of piperazine rings is 1. The van der Waals surface area contributed by atoms with E-state index in [1.807, 2.05) is 9.80 Å². The fourth-order valence-electron chi connectivity index (χ4n) is 12.8.